The number of imidazole rings is 1. The molecule has 0 fully saturated rings. The summed E-state index contributed by atoms with van der Waals surface area (Å²) >= 11 is 5.90. The standard InChI is InChI=1S/C11H18ClN3O2/c1-4-15(8-11(16)17-5-2)7-10-13-6-9(12)14(10)3/h6H,4-5,7-8H2,1-3H3. The SMILES string of the molecule is CCOC(=O)CN(CC)Cc1ncc(Cl)n1C. The van der Waals surface area contributed by atoms with Crippen LogP contribution in [0.15, 0.2) is 6.20 Å². The van der Waals surface area contributed by atoms with Crippen molar-refractivity contribution in [3.63, 3.8) is 0 Å². The summed E-state index contributed by atoms with van der Waals surface area (Å²) in [4.78, 5) is 17.5. The second kappa shape index (κ2) is 6.61. The molecule has 5 nitrogen and oxygen atoms in total. The van der Waals surface area contributed by atoms with E-state index in [1.165, 1.54) is 0 Å². The number of halogens is 1. The smallest absolute Gasteiger partial charge is 0.320 e. The summed E-state index contributed by atoms with van der Waals surface area (Å²) < 4.78 is 6.71. The van der Waals surface area contributed by atoms with Crippen LogP contribution < -0.4 is 0 Å². The Balaban J connectivity index is 2.58. The number of esters is 1. The van der Waals surface area contributed by atoms with Gasteiger partial charge in [0.15, 0.2) is 0 Å². The lowest BCUT2D eigenvalue weighted by atomic mass is 10.4. The fraction of sp³-hybridized carbons (Fsp3) is 0.636. The van der Waals surface area contributed by atoms with Gasteiger partial charge in [-0.05, 0) is 13.5 Å². The van der Waals surface area contributed by atoms with Gasteiger partial charge in [0.05, 0.1) is 25.9 Å². The van der Waals surface area contributed by atoms with E-state index in [1.807, 2.05) is 18.9 Å². The molecule has 0 spiro atoms. The molecular weight excluding hydrogens is 242 g/mol. The van der Waals surface area contributed by atoms with E-state index in [4.69, 9.17) is 16.3 Å². The zero-order chi connectivity index (χ0) is 12.8. The molecule has 0 N–H and O–H groups in total. The summed E-state index contributed by atoms with van der Waals surface area (Å²) in [5.41, 5.74) is 0. The maximum Gasteiger partial charge on any atom is 0.320 e. The van der Waals surface area contributed by atoms with Crippen LogP contribution in [0.4, 0.5) is 0 Å². The largest absolute Gasteiger partial charge is 0.465 e. The average Bonchev–Trinajstić information content (AvgIpc) is 2.60. The first-order chi connectivity index (χ1) is 8.08. The molecule has 0 aliphatic heterocycles. The van der Waals surface area contributed by atoms with Crippen molar-refractivity contribution < 1.29 is 9.53 Å². The van der Waals surface area contributed by atoms with Crippen LogP contribution in [0.25, 0.3) is 0 Å². The highest BCUT2D eigenvalue weighted by molar-refractivity contribution is 6.29. The Labute approximate surface area is 106 Å². The van der Waals surface area contributed by atoms with Gasteiger partial charge in [0.25, 0.3) is 0 Å². The molecule has 6 heteroatoms. The Bertz CT molecular complexity index is 379. The van der Waals surface area contributed by atoms with E-state index in [9.17, 15) is 4.79 Å². The highest BCUT2D eigenvalue weighted by Gasteiger charge is 2.13. The van der Waals surface area contributed by atoms with Crippen molar-refractivity contribution in [2.75, 3.05) is 19.7 Å². The quantitative estimate of drug-likeness (QED) is 0.726. The summed E-state index contributed by atoms with van der Waals surface area (Å²) in [5, 5.41) is 0.590. The van der Waals surface area contributed by atoms with E-state index >= 15 is 0 Å². The van der Waals surface area contributed by atoms with Crippen molar-refractivity contribution >= 4 is 17.6 Å². The molecule has 1 aromatic heterocycles. The number of carbonyl (C=O) groups excluding carboxylic acids is 1. The maximum atomic E-state index is 11.4. The lowest BCUT2D eigenvalue weighted by molar-refractivity contribution is -0.144. The van der Waals surface area contributed by atoms with Gasteiger partial charge in [-0.3, -0.25) is 9.69 Å². The number of hydrogen-bond donors (Lipinski definition) is 0. The third-order valence-corrected chi connectivity index (χ3v) is 2.85. The van der Waals surface area contributed by atoms with Crippen molar-refractivity contribution in [3.8, 4) is 0 Å². The van der Waals surface area contributed by atoms with Crippen LogP contribution in [0.5, 0.6) is 0 Å². The predicted octanol–water partition coefficient (Wildman–Crippen LogP) is 1.46. The van der Waals surface area contributed by atoms with Crippen molar-refractivity contribution in [1.29, 1.82) is 0 Å². The van der Waals surface area contributed by atoms with Crippen LogP contribution in [0, 0.1) is 0 Å². The molecule has 0 unspecified atom stereocenters. The van der Waals surface area contributed by atoms with E-state index < -0.39 is 0 Å². The molecule has 0 saturated carbocycles. The molecule has 1 aromatic rings. The summed E-state index contributed by atoms with van der Waals surface area (Å²) in [7, 11) is 1.85. The van der Waals surface area contributed by atoms with Gasteiger partial charge in [-0.25, -0.2) is 4.98 Å². The first kappa shape index (κ1) is 14.0. The van der Waals surface area contributed by atoms with Crippen LogP contribution in [0.1, 0.15) is 19.7 Å². The molecule has 17 heavy (non-hydrogen) atoms. The second-order valence-electron chi connectivity index (χ2n) is 3.66. The molecular formula is C11H18ClN3O2. The molecule has 0 saturated heterocycles. The predicted molar refractivity (Wildman–Crippen MR) is 65.8 cm³/mol. The van der Waals surface area contributed by atoms with Gasteiger partial charge in [-0.15, -0.1) is 0 Å². The van der Waals surface area contributed by atoms with Gasteiger partial charge in [0.1, 0.15) is 11.0 Å². The minimum absolute atomic E-state index is 0.213. The number of carbonyl (C=O) groups is 1. The van der Waals surface area contributed by atoms with Gasteiger partial charge < -0.3 is 9.30 Å². The fourth-order valence-electron chi connectivity index (χ4n) is 1.44. The Kier molecular flexibility index (Phi) is 5.44. The minimum atomic E-state index is -0.213. The third kappa shape index (κ3) is 4.02. The summed E-state index contributed by atoms with van der Waals surface area (Å²) in [6, 6.07) is 0. The third-order valence-electron chi connectivity index (χ3n) is 2.50. The van der Waals surface area contributed by atoms with Crippen molar-refractivity contribution in [2.45, 2.75) is 20.4 Å². The van der Waals surface area contributed by atoms with Crippen molar-refractivity contribution in [3.05, 3.63) is 17.2 Å². The van der Waals surface area contributed by atoms with Crippen molar-refractivity contribution in [2.24, 2.45) is 7.05 Å². The lowest BCUT2D eigenvalue weighted by Crippen LogP contribution is -2.31. The molecule has 1 rings (SSSR count). The summed E-state index contributed by atoms with van der Waals surface area (Å²) in [5.74, 6) is 0.621. The van der Waals surface area contributed by atoms with Gasteiger partial charge >= 0.3 is 5.97 Å². The van der Waals surface area contributed by atoms with E-state index in [0.717, 1.165) is 12.4 Å². The molecule has 0 aliphatic carbocycles. The first-order valence-electron chi connectivity index (χ1n) is 5.62. The number of ether oxygens (including phenoxy) is 1. The van der Waals surface area contributed by atoms with Crippen molar-refractivity contribution in [1.82, 2.24) is 14.5 Å². The molecule has 0 amide bonds. The Hall–Kier alpha value is -1.07. The van der Waals surface area contributed by atoms with Gasteiger partial charge in [-0.2, -0.15) is 0 Å². The Morgan fingerprint density at radius 2 is 2.29 bits per heavy atom. The van der Waals surface area contributed by atoms with E-state index in [-0.39, 0.29) is 12.5 Å². The molecule has 96 valence electrons. The van der Waals surface area contributed by atoms with Crippen LogP contribution in [-0.2, 0) is 23.1 Å². The van der Waals surface area contributed by atoms with Crippen LogP contribution >= 0.6 is 11.6 Å². The monoisotopic (exact) mass is 259 g/mol. The van der Waals surface area contributed by atoms with E-state index in [1.54, 1.807) is 17.7 Å². The van der Waals surface area contributed by atoms with Crippen LogP contribution in [-0.4, -0.2) is 40.1 Å². The number of hydrogen-bond acceptors (Lipinski definition) is 4. The number of likely N-dealkylation sites (N-methyl/N-ethyl adjacent to an activating group) is 1. The Morgan fingerprint density at radius 1 is 1.59 bits per heavy atom. The average molecular weight is 260 g/mol. The first-order valence-corrected chi connectivity index (χ1v) is 6.00. The van der Waals surface area contributed by atoms with E-state index in [2.05, 4.69) is 4.98 Å². The lowest BCUT2D eigenvalue weighted by Gasteiger charge is -2.18. The summed E-state index contributed by atoms with van der Waals surface area (Å²) in [6.45, 7) is 5.80. The molecule has 1 heterocycles. The minimum Gasteiger partial charge on any atom is -0.465 e. The molecule has 0 radical (unpaired) electrons. The number of nitrogens with zero attached hydrogens (tertiary/aromatic N) is 3. The van der Waals surface area contributed by atoms with Crippen LogP contribution in [0.2, 0.25) is 5.15 Å². The number of aromatic nitrogens is 2. The molecule has 0 aliphatic rings. The van der Waals surface area contributed by atoms with Crippen LogP contribution in [0.3, 0.4) is 0 Å². The van der Waals surface area contributed by atoms with Gasteiger partial charge in [-0.1, -0.05) is 18.5 Å². The maximum absolute atomic E-state index is 11.4. The van der Waals surface area contributed by atoms with Gasteiger partial charge in [0.2, 0.25) is 0 Å². The summed E-state index contributed by atoms with van der Waals surface area (Å²) in [6.07, 6.45) is 1.61. The highest BCUT2D eigenvalue weighted by Crippen LogP contribution is 2.10. The van der Waals surface area contributed by atoms with E-state index in [0.29, 0.717) is 18.3 Å². The Morgan fingerprint density at radius 3 is 2.76 bits per heavy atom. The molecule has 0 aromatic carbocycles. The number of rotatable bonds is 6. The zero-order valence-electron chi connectivity index (χ0n) is 10.4. The normalized spacial score (nSPS) is 10.9. The fourth-order valence-corrected chi connectivity index (χ4v) is 1.59. The van der Waals surface area contributed by atoms with Gasteiger partial charge in [0, 0.05) is 7.05 Å². The molecule has 0 atom stereocenters. The topological polar surface area (TPSA) is 47.4 Å². The molecule has 0 bridgehead atoms. The second-order valence-corrected chi connectivity index (χ2v) is 4.05. The zero-order valence-corrected chi connectivity index (χ0v) is 11.2. The highest BCUT2D eigenvalue weighted by atomic mass is 35.5.